The third kappa shape index (κ3) is 4.16. The predicted molar refractivity (Wildman–Crippen MR) is 208 cm³/mol. The van der Waals surface area contributed by atoms with Gasteiger partial charge in [0.15, 0.2) is 0 Å². The van der Waals surface area contributed by atoms with Crippen LogP contribution in [0.5, 0.6) is 0 Å². The van der Waals surface area contributed by atoms with Gasteiger partial charge in [-0.3, -0.25) is 0 Å². The first kappa shape index (κ1) is 20.8. The Bertz CT molecular complexity index is 3290. The van der Waals surface area contributed by atoms with Crippen LogP contribution in [0.15, 0.2) is 182 Å². The van der Waals surface area contributed by atoms with Gasteiger partial charge in [-0.1, -0.05) is 158 Å². The van der Waals surface area contributed by atoms with Crippen LogP contribution in [-0.4, -0.2) is 0 Å². The van der Waals surface area contributed by atoms with E-state index < -0.39 is 0 Å². The Balaban J connectivity index is 1.50. The third-order valence-corrected chi connectivity index (χ3v) is 9.61. The molecule has 0 atom stereocenters. The minimum Gasteiger partial charge on any atom is -0.0616 e. The SMILES string of the molecule is [2H]c1c([2H])c([2H])c2c(-c3cc4ccccc4c4ccccc34)c3c([2H])c([2H])c(-c4ccc5ccccc5c4)c([2H])c3c(-c3ccc4ccccc4c3)c2c1[2H]. The van der Waals surface area contributed by atoms with Gasteiger partial charge < -0.3 is 0 Å². The van der Waals surface area contributed by atoms with Crippen molar-refractivity contribution in [2.45, 2.75) is 0 Å². The highest BCUT2D eigenvalue weighted by molar-refractivity contribution is 6.26. The van der Waals surface area contributed by atoms with Gasteiger partial charge in [0, 0.05) is 0 Å². The second kappa shape index (κ2) is 10.7. The summed E-state index contributed by atoms with van der Waals surface area (Å²) in [4.78, 5) is 0. The van der Waals surface area contributed by atoms with Crippen molar-refractivity contribution in [1.82, 2.24) is 0 Å². The molecule has 0 saturated heterocycles. The molecular formula is C48H30. The van der Waals surface area contributed by atoms with Crippen LogP contribution in [0.4, 0.5) is 0 Å². The summed E-state index contributed by atoms with van der Waals surface area (Å²) in [6.07, 6.45) is 0. The highest BCUT2D eigenvalue weighted by Crippen LogP contribution is 2.47. The van der Waals surface area contributed by atoms with Gasteiger partial charge in [0.2, 0.25) is 0 Å². The van der Waals surface area contributed by atoms with E-state index in [2.05, 4.69) is 6.07 Å². The van der Waals surface area contributed by atoms with Crippen LogP contribution in [0.3, 0.4) is 0 Å². The fourth-order valence-electron chi connectivity index (χ4n) is 7.37. The summed E-state index contributed by atoms with van der Waals surface area (Å²) in [5, 5.41) is 8.82. The van der Waals surface area contributed by atoms with Crippen LogP contribution in [0.1, 0.15) is 9.60 Å². The zero-order chi connectivity index (χ0) is 37.7. The summed E-state index contributed by atoms with van der Waals surface area (Å²) in [7, 11) is 0. The van der Waals surface area contributed by atoms with E-state index in [0.717, 1.165) is 43.1 Å². The summed E-state index contributed by atoms with van der Waals surface area (Å²) >= 11 is 0. The molecule has 0 aliphatic carbocycles. The lowest BCUT2D eigenvalue weighted by molar-refractivity contribution is 1.66. The monoisotopic (exact) mass is 613 g/mol. The minimum atomic E-state index is -0.385. The molecule has 0 heterocycles. The van der Waals surface area contributed by atoms with Crippen molar-refractivity contribution >= 4 is 64.6 Å². The van der Waals surface area contributed by atoms with Crippen molar-refractivity contribution in [1.29, 1.82) is 0 Å². The highest BCUT2D eigenvalue weighted by atomic mass is 14.2. The maximum Gasteiger partial charge on any atom is 0.0636 e. The van der Waals surface area contributed by atoms with Gasteiger partial charge >= 0.3 is 0 Å². The Labute approximate surface area is 289 Å². The molecule has 0 N–H and O–H groups in total. The molecule has 0 fully saturated rings. The maximum absolute atomic E-state index is 10.1. The van der Waals surface area contributed by atoms with Crippen molar-refractivity contribution in [3.8, 4) is 33.4 Å². The van der Waals surface area contributed by atoms with Gasteiger partial charge in [0.1, 0.15) is 0 Å². The van der Waals surface area contributed by atoms with Crippen molar-refractivity contribution < 1.29 is 9.60 Å². The molecule has 10 aromatic rings. The van der Waals surface area contributed by atoms with Crippen LogP contribution >= 0.6 is 0 Å². The third-order valence-electron chi connectivity index (χ3n) is 9.61. The zero-order valence-electron chi connectivity index (χ0n) is 32.8. The Hall–Kier alpha value is -6.24. The Morgan fingerprint density at radius 2 is 0.854 bits per heavy atom. The molecule has 0 saturated carbocycles. The van der Waals surface area contributed by atoms with E-state index >= 15 is 0 Å². The fourth-order valence-corrected chi connectivity index (χ4v) is 7.37. The van der Waals surface area contributed by atoms with Gasteiger partial charge in [-0.2, -0.15) is 0 Å². The molecule has 0 heteroatoms. The summed E-state index contributed by atoms with van der Waals surface area (Å²) in [6.45, 7) is 0. The van der Waals surface area contributed by atoms with Crippen molar-refractivity contribution in [2.24, 2.45) is 0 Å². The molecule has 10 rings (SSSR count). The van der Waals surface area contributed by atoms with Gasteiger partial charge in [0.25, 0.3) is 0 Å². The average molecular weight is 614 g/mol. The lowest BCUT2D eigenvalue weighted by atomic mass is 9.82. The molecule has 0 aliphatic rings. The van der Waals surface area contributed by atoms with Crippen molar-refractivity contribution in [2.75, 3.05) is 0 Å². The van der Waals surface area contributed by atoms with Crippen LogP contribution in [0.2, 0.25) is 0 Å². The van der Waals surface area contributed by atoms with Gasteiger partial charge in [0.05, 0.1) is 9.60 Å². The molecule has 0 radical (unpaired) electrons. The van der Waals surface area contributed by atoms with E-state index in [1.807, 2.05) is 133 Å². The quantitative estimate of drug-likeness (QED) is 0.137. The van der Waals surface area contributed by atoms with Crippen molar-refractivity contribution in [3.05, 3.63) is 182 Å². The Morgan fingerprint density at radius 3 is 1.58 bits per heavy atom. The molecule has 0 bridgehead atoms. The Kier molecular flexibility index (Phi) is 4.62. The van der Waals surface area contributed by atoms with E-state index in [1.54, 1.807) is 0 Å². The molecule has 48 heavy (non-hydrogen) atoms. The topological polar surface area (TPSA) is 0 Å². The molecule has 222 valence electrons. The van der Waals surface area contributed by atoms with Gasteiger partial charge in [-0.05, 0) is 122 Å². The zero-order valence-corrected chi connectivity index (χ0v) is 25.8. The van der Waals surface area contributed by atoms with Gasteiger partial charge in [-0.25, -0.2) is 0 Å². The largest absolute Gasteiger partial charge is 0.0636 e. The molecule has 0 spiro atoms. The summed E-state index contributed by atoms with van der Waals surface area (Å²) in [6, 6.07) is 44.1. The summed E-state index contributed by atoms with van der Waals surface area (Å²) in [5.41, 5.74) is 3.10. The van der Waals surface area contributed by atoms with E-state index in [-0.39, 0.29) is 53.1 Å². The van der Waals surface area contributed by atoms with E-state index in [0.29, 0.717) is 44.2 Å². The molecular weight excluding hydrogens is 577 g/mol. The molecule has 0 unspecified atom stereocenters. The Morgan fingerprint density at radius 1 is 0.312 bits per heavy atom. The van der Waals surface area contributed by atoms with E-state index in [1.165, 1.54) is 0 Å². The van der Waals surface area contributed by atoms with E-state index in [9.17, 15) is 6.85 Å². The first-order valence-corrected chi connectivity index (χ1v) is 16.1. The van der Waals surface area contributed by atoms with Crippen LogP contribution in [-0.2, 0) is 0 Å². The van der Waals surface area contributed by atoms with Crippen molar-refractivity contribution in [3.63, 3.8) is 0 Å². The summed E-state index contributed by atoms with van der Waals surface area (Å²) < 4.78 is 66.7. The predicted octanol–water partition coefficient (Wildman–Crippen LogP) is 13.6. The first-order valence-electron chi connectivity index (χ1n) is 19.6. The standard InChI is InChI=1S/C48H30/c1-3-13-33-27-35(23-21-31(33)11-1)36-25-26-44-46(29-36)47(38-24-22-32-12-2-4-14-34(32)28-38)42-19-9-10-20-43(42)48(44)45-30-37-15-5-6-16-39(37)40-17-7-8-18-41(40)45/h1-30H/i9D,10D,19D,20D,25D,26D,29D. The molecule has 0 nitrogen and oxygen atoms in total. The molecule has 0 aliphatic heterocycles. The second-order valence-corrected chi connectivity index (χ2v) is 12.3. The molecule has 10 aromatic carbocycles. The molecule has 0 aromatic heterocycles. The maximum atomic E-state index is 10.1. The number of hydrogen-bond donors (Lipinski definition) is 0. The number of rotatable bonds is 3. The number of benzene rings is 10. The summed E-state index contributed by atoms with van der Waals surface area (Å²) in [5.74, 6) is 0. The fraction of sp³-hybridized carbons (Fsp3) is 0. The van der Waals surface area contributed by atoms with E-state index in [4.69, 9.17) is 2.74 Å². The molecule has 0 amide bonds. The number of fused-ring (bicyclic) bond motifs is 7. The lowest BCUT2D eigenvalue weighted by Crippen LogP contribution is -1.93. The normalized spacial score (nSPS) is 13.8. The van der Waals surface area contributed by atoms with Gasteiger partial charge in [-0.15, -0.1) is 0 Å². The average Bonchev–Trinajstić information content (AvgIpc) is 3.22. The highest BCUT2D eigenvalue weighted by Gasteiger charge is 2.20. The van der Waals surface area contributed by atoms with Crippen LogP contribution < -0.4 is 0 Å². The van der Waals surface area contributed by atoms with Crippen LogP contribution in [0.25, 0.3) is 98.0 Å². The smallest absolute Gasteiger partial charge is 0.0616 e. The number of hydrogen-bond acceptors (Lipinski definition) is 0. The lowest BCUT2D eigenvalue weighted by Gasteiger charge is -2.20. The minimum absolute atomic E-state index is 0.0232. The van der Waals surface area contributed by atoms with Crippen LogP contribution in [0, 0.1) is 0 Å². The second-order valence-electron chi connectivity index (χ2n) is 12.3. The first-order chi connectivity index (χ1) is 26.7.